The minimum atomic E-state index is -0.627. The Morgan fingerprint density at radius 2 is 2.09 bits per heavy atom. The van der Waals surface area contributed by atoms with Gasteiger partial charge in [-0.25, -0.2) is 0 Å². The minimum Gasteiger partial charge on any atom is -0.385 e. The van der Waals surface area contributed by atoms with E-state index in [9.17, 15) is 5.11 Å². The number of nitrogens with two attached hydrogens (primary N) is 1. The normalized spacial score (nSPS) is 16.6. The summed E-state index contributed by atoms with van der Waals surface area (Å²) in [6, 6.07) is 0. The summed E-state index contributed by atoms with van der Waals surface area (Å²) in [5.74, 6) is 0.317. The Balaban J connectivity index is 4.35. The van der Waals surface area contributed by atoms with Gasteiger partial charge in [0, 0.05) is 7.05 Å². The Hall–Kier alpha value is -0.570. The molecule has 66 valence electrons. The number of amidine groups is 1. The first-order valence-corrected chi connectivity index (χ1v) is 3.86. The van der Waals surface area contributed by atoms with Crippen molar-refractivity contribution >= 4 is 5.84 Å². The molecule has 0 aliphatic rings. The lowest BCUT2D eigenvalue weighted by atomic mass is 9.83. The third kappa shape index (κ3) is 2.50. The monoisotopic (exact) mass is 158 g/mol. The van der Waals surface area contributed by atoms with E-state index < -0.39 is 6.10 Å². The van der Waals surface area contributed by atoms with E-state index in [1.165, 1.54) is 0 Å². The molecule has 0 aromatic rings. The van der Waals surface area contributed by atoms with E-state index in [-0.39, 0.29) is 5.41 Å². The highest BCUT2D eigenvalue weighted by molar-refractivity contribution is 5.85. The van der Waals surface area contributed by atoms with Gasteiger partial charge in [0.15, 0.2) is 0 Å². The van der Waals surface area contributed by atoms with E-state index in [1.54, 1.807) is 7.05 Å². The SMILES string of the molecule is CCC(C)(C)C(O)C(N)=NC. The van der Waals surface area contributed by atoms with Crippen LogP contribution in [0.2, 0.25) is 0 Å². The van der Waals surface area contributed by atoms with Crippen LogP contribution in [0.15, 0.2) is 4.99 Å². The lowest BCUT2D eigenvalue weighted by Crippen LogP contribution is -2.40. The van der Waals surface area contributed by atoms with Crippen molar-refractivity contribution in [2.24, 2.45) is 16.1 Å². The van der Waals surface area contributed by atoms with E-state index in [2.05, 4.69) is 4.99 Å². The number of hydrogen-bond donors (Lipinski definition) is 2. The summed E-state index contributed by atoms with van der Waals surface area (Å²) in [6.45, 7) is 5.96. The number of rotatable bonds is 3. The van der Waals surface area contributed by atoms with Crippen molar-refractivity contribution in [3.63, 3.8) is 0 Å². The van der Waals surface area contributed by atoms with Crippen molar-refractivity contribution in [1.82, 2.24) is 0 Å². The Bertz CT molecular complexity index is 152. The molecular formula is C8H18N2O. The van der Waals surface area contributed by atoms with Crippen LogP contribution in [0, 0.1) is 5.41 Å². The number of aliphatic hydroxyl groups excluding tert-OH is 1. The molecular weight excluding hydrogens is 140 g/mol. The molecule has 1 unspecified atom stereocenters. The summed E-state index contributed by atoms with van der Waals surface area (Å²) < 4.78 is 0. The highest BCUT2D eigenvalue weighted by Crippen LogP contribution is 2.24. The second kappa shape index (κ2) is 3.72. The van der Waals surface area contributed by atoms with Gasteiger partial charge in [0.05, 0.1) is 0 Å². The summed E-state index contributed by atoms with van der Waals surface area (Å²) in [6.07, 6.45) is 0.252. The molecule has 3 nitrogen and oxygen atoms in total. The first kappa shape index (κ1) is 10.4. The maximum absolute atomic E-state index is 9.59. The van der Waals surface area contributed by atoms with E-state index in [1.807, 2.05) is 20.8 Å². The van der Waals surface area contributed by atoms with Gasteiger partial charge >= 0.3 is 0 Å². The Morgan fingerprint density at radius 3 is 2.36 bits per heavy atom. The molecule has 0 spiro atoms. The van der Waals surface area contributed by atoms with E-state index in [0.29, 0.717) is 5.84 Å². The van der Waals surface area contributed by atoms with Crippen LogP contribution in [0.5, 0.6) is 0 Å². The molecule has 3 N–H and O–H groups in total. The fourth-order valence-electron chi connectivity index (χ4n) is 0.716. The van der Waals surface area contributed by atoms with Crippen LogP contribution in [-0.2, 0) is 0 Å². The van der Waals surface area contributed by atoms with Crippen molar-refractivity contribution in [1.29, 1.82) is 0 Å². The summed E-state index contributed by atoms with van der Waals surface area (Å²) in [5.41, 5.74) is 5.30. The molecule has 0 amide bonds. The van der Waals surface area contributed by atoms with Crippen molar-refractivity contribution < 1.29 is 5.11 Å². The van der Waals surface area contributed by atoms with Crippen LogP contribution in [0.3, 0.4) is 0 Å². The maximum Gasteiger partial charge on any atom is 0.123 e. The van der Waals surface area contributed by atoms with Gasteiger partial charge in [-0.2, -0.15) is 0 Å². The summed E-state index contributed by atoms with van der Waals surface area (Å²) in [7, 11) is 1.59. The van der Waals surface area contributed by atoms with Crippen LogP contribution in [0.25, 0.3) is 0 Å². The van der Waals surface area contributed by atoms with Crippen LogP contribution < -0.4 is 5.73 Å². The van der Waals surface area contributed by atoms with E-state index >= 15 is 0 Å². The van der Waals surface area contributed by atoms with Gasteiger partial charge in [0.1, 0.15) is 11.9 Å². The molecule has 0 aromatic carbocycles. The fraction of sp³-hybridized carbons (Fsp3) is 0.875. The smallest absolute Gasteiger partial charge is 0.123 e. The molecule has 0 aliphatic carbocycles. The van der Waals surface area contributed by atoms with Crippen LogP contribution in [0.1, 0.15) is 27.2 Å². The average Bonchev–Trinajstić information content (AvgIpc) is 2.01. The Labute approximate surface area is 68.3 Å². The van der Waals surface area contributed by atoms with Gasteiger partial charge in [0.2, 0.25) is 0 Å². The fourth-order valence-corrected chi connectivity index (χ4v) is 0.716. The van der Waals surface area contributed by atoms with Crippen molar-refractivity contribution in [2.45, 2.75) is 33.3 Å². The van der Waals surface area contributed by atoms with Crippen LogP contribution >= 0.6 is 0 Å². The zero-order valence-corrected chi connectivity index (χ0v) is 7.76. The Morgan fingerprint density at radius 1 is 1.64 bits per heavy atom. The predicted octanol–water partition coefficient (Wildman–Crippen LogP) is 0.771. The molecule has 11 heavy (non-hydrogen) atoms. The van der Waals surface area contributed by atoms with Crippen molar-refractivity contribution in [3.05, 3.63) is 0 Å². The van der Waals surface area contributed by atoms with Gasteiger partial charge in [-0.3, -0.25) is 4.99 Å². The predicted molar refractivity (Wildman–Crippen MR) is 47.6 cm³/mol. The molecule has 0 fully saturated rings. The van der Waals surface area contributed by atoms with Gasteiger partial charge in [0.25, 0.3) is 0 Å². The van der Waals surface area contributed by atoms with E-state index in [4.69, 9.17) is 5.73 Å². The van der Waals surface area contributed by atoms with E-state index in [0.717, 1.165) is 6.42 Å². The standard InChI is InChI=1S/C8H18N2O/c1-5-8(2,3)6(11)7(9)10-4/h6,11H,5H2,1-4H3,(H2,9,10). The zero-order valence-electron chi connectivity index (χ0n) is 7.76. The molecule has 0 heterocycles. The molecule has 0 saturated carbocycles. The average molecular weight is 158 g/mol. The first-order valence-electron chi connectivity index (χ1n) is 3.86. The van der Waals surface area contributed by atoms with Gasteiger partial charge in [-0.15, -0.1) is 0 Å². The van der Waals surface area contributed by atoms with Gasteiger partial charge in [-0.05, 0) is 11.8 Å². The molecule has 0 rings (SSSR count). The molecule has 0 saturated heterocycles. The molecule has 0 radical (unpaired) electrons. The summed E-state index contributed by atoms with van der Waals surface area (Å²) >= 11 is 0. The quantitative estimate of drug-likeness (QED) is 0.471. The molecule has 0 bridgehead atoms. The minimum absolute atomic E-state index is 0.177. The second-order valence-electron chi connectivity index (χ2n) is 3.39. The number of aliphatic imine (C=N–C) groups is 1. The topological polar surface area (TPSA) is 58.6 Å². The van der Waals surface area contributed by atoms with Gasteiger partial charge in [-0.1, -0.05) is 20.8 Å². The second-order valence-corrected chi connectivity index (χ2v) is 3.39. The lowest BCUT2D eigenvalue weighted by molar-refractivity contribution is 0.103. The first-order chi connectivity index (χ1) is 4.95. The molecule has 0 aromatic heterocycles. The number of hydrogen-bond acceptors (Lipinski definition) is 2. The molecule has 3 heteroatoms. The third-order valence-corrected chi connectivity index (χ3v) is 2.19. The third-order valence-electron chi connectivity index (χ3n) is 2.19. The highest BCUT2D eigenvalue weighted by Gasteiger charge is 2.28. The lowest BCUT2D eigenvalue weighted by Gasteiger charge is -2.28. The van der Waals surface area contributed by atoms with Crippen LogP contribution in [0.4, 0.5) is 0 Å². The largest absolute Gasteiger partial charge is 0.385 e. The number of nitrogens with zero attached hydrogens (tertiary/aromatic N) is 1. The highest BCUT2D eigenvalue weighted by atomic mass is 16.3. The summed E-state index contributed by atoms with van der Waals surface area (Å²) in [4.78, 5) is 3.75. The Kier molecular flexibility index (Phi) is 3.52. The molecule has 1 atom stereocenters. The summed E-state index contributed by atoms with van der Waals surface area (Å²) in [5, 5.41) is 9.59. The van der Waals surface area contributed by atoms with Crippen LogP contribution in [-0.4, -0.2) is 24.1 Å². The zero-order chi connectivity index (χ0) is 9.07. The number of aliphatic hydroxyl groups is 1. The van der Waals surface area contributed by atoms with Gasteiger partial charge < -0.3 is 10.8 Å². The molecule has 0 aliphatic heterocycles. The van der Waals surface area contributed by atoms with Crippen molar-refractivity contribution in [2.75, 3.05) is 7.05 Å². The maximum atomic E-state index is 9.59. The van der Waals surface area contributed by atoms with Crippen molar-refractivity contribution in [3.8, 4) is 0 Å².